The number of amides is 1. The molecule has 0 heterocycles. The first-order valence-corrected chi connectivity index (χ1v) is 5.02. The Hall–Kier alpha value is -1.17. The van der Waals surface area contributed by atoms with E-state index in [1.165, 1.54) is 14.0 Å². The van der Waals surface area contributed by atoms with Gasteiger partial charge in [-0.1, -0.05) is 19.1 Å². The average Bonchev–Trinajstić information content (AvgIpc) is 2.16. The molecule has 15 heavy (non-hydrogen) atoms. The van der Waals surface area contributed by atoms with Gasteiger partial charge in [-0.3, -0.25) is 4.79 Å². The van der Waals surface area contributed by atoms with Gasteiger partial charge in [0.25, 0.3) is 0 Å². The zero-order valence-electron chi connectivity index (χ0n) is 9.07. The topological polar surface area (TPSA) is 81.4 Å². The number of ether oxygens (including phenoxy) is 1. The van der Waals surface area contributed by atoms with Gasteiger partial charge in [-0.15, -0.1) is 0 Å². The molecule has 0 radical (unpaired) electrons. The first-order valence-electron chi connectivity index (χ1n) is 4.61. The lowest BCUT2D eigenvalue weighted by molar-refractivity contribution is -0.144. The molecule has 3 N–H and O–H groups in total. The highest BCUT2D eigenvalue weighted by molar-refractivity contribution is 7.80. The molecule has 0 saturated carbocycles. The Morgan fingerprint density at radius 2 is 2.07 bits per heavy atom. The lowest BCUT2D eigenvalue weighted by Gasteiger charge is -2.16. The quantitative estimate of drug-likeness (QED) is 0.514. The van der Waals surface area contributed by atoms with E-state index in [-0.39, 0.29) is 10.9 Å². The van der Waals surface area contributed by atoms with E-state index in [4.69, 9.17) is 18.0 Å². The summed E-state index contributed by atoms with van der Waals surface area (Å²) in [6.07, 6.45) is 0.509. The van der Waals surface area contributed by atoms with Crippen LogP contribution in [0.1, 0.15) is 20.3 Å². The molecule has 0 rings (SSSR count). The second kappa shape index (κ2) is 6.34. The largest absolute Gasteiger partial charge is 0.467 e. The Bertz CT molecular complexity index is 268. The molecule has 0 fully saturated rings. The summed E-state index contributed by atoms with van der Waals surface area (Å²) in [6, 6.07) is -0.689. The minimum atomic E-state index is -0.689. The minimum Gasteiger partial charge on any atom is -0.467 e. The highest BCUT2D eigenvalue weighted by Crippen LogP contribution is 2.03. The summed E-state index contributed by atoms with van der Waals surface area (Å²) in [5.41, 5.74) is 5.39. The number of thiocarbonyl (C=S) groups is 1. The second-order valence-corrected chi connectivity index (χ2v) is 3.59. The molecule has 86 valence electrons. The van der Waals surface area contributed by atoms with Gasteiger partial charge in [0.2, 0.25) is 5.91 Å². The number of nitrogens with two attached hydrogens (primary N) is 1. The number of rotatable bonds is 5. The van der Waals surface area contributed by atoms with Crippen molar-refractivity contribution in [2.24, 2.45) is 11.7 Å². The van der Waals surface area contributed by atoms with Crippen LogP contribution in [0.2, 0.25) is 0 Å². The van der Waals surface area contributed by atoms with Crippen LogP contribution in [0.4, 0.5) is 0 Å². The van der Waals surface area contributed by atoms with Gasteiger partial charge in [0.05, 0.1) is 18.0 Å². The summed E-state index contributed by atoms with van der Waals surface area (Å²) in [6.45, 7) is 3.34. The maximum Gasteiger partial charge on any atom is 0.328 e. The minimum absolute atomic E-state index is 0.132. The summed E-state index contributed by atoms with van der Waals surface area (Å²) in [7, 11) is 1.26. The van der Waals surface area contributed by atoms with Crippen molar-refractivity contribution in [3.05, 3.63) is 0 Å². The van der Waals surface area contributed by atoms with Gasteiger partial charge >= 0.3 is 5.97 Å². The molecule has 0 spiro atoms. The fourth-order valence-electron chi connectivity index (χ4n) is 1.07. The van der Waals surface area contributed by atoms with Gasteiger partial charge in [-0.05, 0) is 13.3 Å². The molecular formula is C9H16N2O3S. The summed E-state index contributed by atoms with van der Waals surface area (Å²) in [4.78, 5) is 22.7. The molecule has 0 aromatic heterocycles. The van der Waals surface area contributed by atoms with E-state index in [0.29, 0.717) is 6.42 Å². The maximum absolute atomic E-state index is 11.6. The van der Waals surface area contributed by atoms with Gasteiger partial charge in [0, 0.05) is 0 Å². The highest BCUT2D eigenvalue weighted by Gasteiger charge is 2.23. The van der Waals surface area contributed by atoms with Crippen molar-refractivity contribution in [3.8, 4) is 0 Å². The van der Waals surface area contributed by atoms with E-state index >= 15 is 0 Å². The summed E-state index contributed by atoms with van der Waals surface area (Å²) in [5.74, 6) is -1.38. The van der Waals surface area contributed by atoms with Crippen LogP contribution in [0.5, 0.6) is 0 Å². The van der Waals surface area contributed by atoms with Gasteiger partial charge in [0.1, 0.15) is 6.04 Å². The fourth-order valence-corrected chi connectivity index (χ4v) is 1.34. The maximum atomic E-state index is 11.6. The fraction of sp³-hybridized carbons (Fsp3) is 0.667. The number of esters is 1. The highest BCUT2D eigenvalue weighted by atomic mass is 32.1. The van der Waals surface area contributed by atoms with Crippen LogP contribution in [-0.2, 0) is 14.3 Å². The molecule has 0 bridgehead atoms. The first-order chi connectivity index (χ1) is 6.93. The summed E-state index contributed by atoms with van der Waals surface area (Å²) in [5, 5.41) is 2.48. The third-order valence-corrected chi connectivity index (χ3v) is 2.27. The van der Waals surface area contributed by atoms with E-state index in [1.807, 2.05) is 0 Å². The van der Waals surface area contributed by atoms with Crippen LogP contribution in [0.3, 0.4) is 0 Å². The molecule has 5 nitrogen and oxygen atoms in total. The lowest BCUT2D eigenvalue weighted by atomic mass is 10.1. The van der Waals surface area contributed by atoms with Gasteiger partial charge in [0.15, 0.2) is 0 Å². The Morgan fingerprint density at radius 1 is 1.53 bits per heavy atom. The van der Waals surface area contributed by atoms with E-state index in [9.17, 15) is 9.59 Å². The molecule has 0 aliphatic heterocycles. The number of hydrogen-bond acceptors (Lipinski definition) is 4. The van der Waals surface area contributed by atoms with E-state index in [2.05, 4.69) is 10.1 Å². The number of nitrogens with one attached hydrogen (secondary N) is 1. The van der Waals surface area contributed by atoms with Crippen molar-refractivity contribution < 1.29 is 14.3 Å². The third-order valence-electron chi connectivity index (χ3n) is 1.98. The molecule has 0 saturated heterocycles. The van der Waals surface area contributed by atoms with Crippen LogP contribution < -0.4 is 11.1 Å². The SMILES string of the molecule is CCC(C(=O)NC(C)C(=O)OC)C(N)=S. The zero-order valence-corrected chi connectivity index (χ0v) is 9.89. The molecule has 0 aliphatic carbocycles. The van der Waals surface area contributed by atoms with Crippen LogP contribution in [-0.4, -0.2) is 30.0 Å². The van der Waals surface area contributed by atoms with Crippen LogP contribution in [0, 0.1) is 5.92 Å². The van der Waals surface area contributed by atoms with E-state index in [1.54, 1.807) is 6.92 Å². The zero-order chi connectivity index (χ0) is 12.0. The van der Waals surface area contributed by atoms with Crippen molar-refractivity contribution in [1.29, 1.82) is 0 Å². The van der Waals surface area contributed by atoms with Crippen LogP contribution >= 0.6 is 12.2 Å². The molecule has 1 amide bonds. The predicted molar refractivity (Wildman–Crippen MR) is 60.2 cm³/mol. The number of carbonyl (C=O) groups excluding carboxylic acids is 2. The van der Waals surface area contributed by atoms with Crippen molar-refractivity contribution in [2.45, 2.75) is 26.3 Å². The number of hydrogen-bond donors (Lipinski definition) is 2. The second-order valence-electron chi connectivity index (χ2n) is 3.12. The van der Waals surface area contributed by atoms with Gasteiger partial charge in [-0.25, -0.2) is 4.79 Å². The van der Waals surface area contributed by atoms with Gasteiger partial charge < -0.3 is 15.8 Å². The number of methoxy groups -OCH3 is 1. The normalized spacial score (nSPS) is 13.8. The Kier molecular flexibility index (Phi) is 5.84. The van der Waals surface area contributed by atoms with Crippen molar-refractivity contribution >= 4 is 29.1 Å². The molecule has 0 aromatic carbocycles. The predicted octanol–water partition coefficient (Wildman–Crippen LogP) is -0.0236. The van der Waals surface area contributed by atoms with Crippen LogP contribution in [0.25, 0.3) is 0 Å². The van der Waals surface area contributed by atoms with Crippen LogP contribution in [0.15, 0.2) is 0 Å². The number of carbonyl (C=O) groups is 2. The smallest absolute Gasteiger partial charge is 0.328 e. The third kappa shape index (κ3) is 4.24. The lowest BCUT2D eigenvalue weighted by Crippen LogP contribution is -2.45. The molecule has 6 heteroatoms. The molecule has 2 atom stereocenters. The standard InChI is InChI=1S/C9H16N2O3S/c1-4-6(7(10)15)8(12)11-5(2)9(13)14-3/h5-6H,4H2,1-3H3,(H2,10,15)(H,11,12). The summed E-state index contributed by atoms with van der Waals surface area (Å²) >= 11 is 4.74. The van der Waals surface area contributed by atoms with E-state index in [0.717, 1.165) is 0 Å². The van der Waals surface area contributed by atoms with Gasteiger partial charge in [-0.2, -0.15) is 0 Å². The Balaban J connectivity index is 4.34. The Morgan fingerprint density at radius 3 is 2.40 bits per heavy atom. The molecular weight excluding hydrogens is 216 g/mol. The molecule has 2 unspecified atom stereocenters. The average molecular weight is 232 g/mol. The Labute approximate surface area is 94.3 Å². The summed E-state index contributed by atoms with van der Waals surface area (Å²) < 4.78 is 4.47. The first kappa shape index (κ1) is 13.8. The monoisotopic (exact) mass is 232 g/mol. The van der Waals surface area contributed by atoms with E-state index < -0.39 is 17.9 Å². The molecule has 0 aliphatic rings. The van der Waals surface area contributed by atoms with Crippen molar-refractivity contribution in [3.63, 3.8) is 0 Å². The van der Waals surface area contributed by atoms with Crippen molar-refractivity contribution in [2.75, 3.05) is 7.11 Å². The van der Waals surface area contributed by atoms with Crippen molar-refractivity contribution in [1.82, 2.24) is 5.32 Å². The molecule has 0 aromatic rings.